The van der Waals surface area contributed by atoms with Gasteiger partial charge in [-0.15, -0.1) is 0 Å². The van der Waals surface area contributed by atoms with Crippen LogP contribution in [0.15, 0.2) is 72.8 Å². The molecule has 10 heteroatoms. The van der Waals surface area contributed by atoms with Crippen LogP contribution in [0.1, 0.15) is 39.9 Å². The first kappa shape index (κ1) is 32.7. The number of sulfone groups is 1. The first-order valence-electron chi connectivity index (χ1n) is 14.3. The summed E-state index contributed by atoms with van der Waals surface area (Å²) >= 11 is 1.53. The summed E-state index contributed by atoms with van der Waals surface area (Å²) in [6.07, 6.45) is 4.00. The molecule has 0 radical (unpaired) electrons. The van der Waals surface area contributed by atoms with Gasteiger partial charge in [0.25, 0.3) is 5.91 Å². The maximum Gasteiger partial charge on any atom is 0.326 e. The molecule has 43 heavy (non-hydrogen) atoms. The molecule has 1 aliphatic rings. The smallest absolute Gasteiger partial charge is 0.326 e. The van der Waals surface area contributed by atoms with E-state index in [9.17, 15) is 23.1 Å². The van der Waals surface area contributed by atoms with Gasteiger partial charge in [-0.3, -0.25) is 9.69 Å². The van der Waals surface area contributed by atoms with E-state index in [1.165, 1.54) is 18.0 Å². The predicted molar refractivity (Wildman–Crippen MR) is 172 cm³/mol. The van der Waals surface area contributed by atoms with Crippen molar-refractivity contribution in [3.8, 4) is 11.1 Å². The van der Waals surface area contributed by atoms with Crippen molar-refractivity contribution in [3.05, 3.63) is 95.1 Å². The van der Waals surface area contributed by atoms with Gasteiger partial charge < -0.3 is 15.2 Å². The van der Waals surface area contributed by atoms with Crippen LogP contribution in [0.3, 0.4) is 0 Å². The minimum Gasteiger partial charge on any atom is -0.480 e. The van der Waals surface area contributed by atoms with Crippen molar-refractivity contribution >= 4 is 33.5 Å². The van der Waals surface area contributed by atoms with Crippen molar-refractivity contribution in [2.45, 2.75) is 50.3 Å². The third-order valence-electron chi connectivity index (χ3n) is 7.88. The third-order valence-corrected chi connectivity index (χ3v) is 10.1. The summed E-state index contributed by atoms with van der Waals surface area (Å²) < 4.78 is 31.1. The zero-order chi connectivity index (χ0) is 31.0. The van der Waals surface area contributed by atoms with E-state index in [1.807, 2.05) is 79.9 Å². The molecule has 1 fully saturated rings. The number of benzene rings is 3. The lowest BCUT2D eigenvalue weighted by Crippen LogP contribution is -2.41. The number of hydrogen-bond acceptors (Lipinski definition) is 7. The highest BCUT2D eigenvalue weighted by Crippen LogP contribution is 2.31. The van der Waals surface area contributed by atoms with Crippen LogP contribution in [-0.4, -0.2) is 79.1 Å². The van der Waals surface area contributed by atoms with E-state index < -0.39 is 33.0 Å². The minimum absolute atomic E-state index is 0.0823. The van der Waals surface area contributed by atoms with Crippen molar-refractivity contribution in [3.63, 3.8) is 0 Å². The van der Waals surface area contributed by atoms with Crippen LogP contribution in [-0.2, 0) is 32.5 Å². The van der Waals surface area contributed by atoms with Crippen LogP contribution in [0.4, 0.5) is 0 Å². The summed E-state index contributed by atoms with van der Waals surface area (Å²) in [5, 5.41) is 11.9. The van der Waals surface area contributed by atoms with E-state index in [1.54, 1.807) is 6.07 Å². The van der Waals surface area contributed by atoms with E-state index in [2.05, 4.69) is 10.2 Å². The van der Waals surface area contributed by atoms with Gasteiger partial charge >= 0.3 is 5.97 Å². The van der Waals surface area contributed by atoms with Crippen molar-refractivity contribution in [2.75, 3.05) is 31.4 Å². The summed E-state index contributed by atoms with van der Waals surface area (Å²) in [5.74, 6) is -0.892. The Kier molecular flexibility index (Phi) is 11.4. The monoisotopic (exact) mass is 624 g/mol. The summed E-state index contributed by atoms with van der Waals surface area (Å²) in [4.78, 5) is 27.4. The lowest BCUT2D eigenvalue weighted by Gasteiger charge is -2.25. The molecular formula is C33H40N2O6S2. The first-order chi connectivity index (χ1) is 20.6. The maximum atomic E-state index is 13.4. The topological polar surface area (TPSA) is 113 Å². The van der Waals surface area contributed by atoms with E-state index in [4.69, 9.17) is 4.74 Å². The van der Waals surface area contributed by atoms with Gasteiger partial charge in [-0.1, -0.05) is 60.7 Å². The fourth-order valence-electron chi connectivity index (χ4n) is 5.45. The maximum absolute atomic E-state index is 13.4. The number of carbonyl (C=O) groups excluding carboxylic acids is 1. The average Bonchev–Trinajstić information content (AvgIpc) is 3.39. The molecule has 4 rings (SSSR count). The number of likely N-dealkylation sites (tertiary alicyclic amines) is 1. The number of thioether (sulfide) groups is 1. The van der Waals surface area contributed by atoms with Crippen molar-refractivity contribution < 1.29 is 27.9 Å². The minimum atomic E-state index is -3.24. The van der Waals surface area contributed by atoms with E-state index in [-0.39, 0.29) is 6.04 Å². The zero-order valence-corrected chi connectivity index (χ0v) is 26.5. The van der Waals surface area contributed by atoms with Crippen LogP contribution in [0.25, 0.3) is 11.1 Å². The highest BCUT2D eigenvalue weighted by atomic mass is 32.2. The molecule has 0 bridgehead atoms. The van der Waals surface area contributed by atoms with Gasteiger partial charge in [0.1, 0.15) is 6.04 Å². The SMILES string of the molecule is CSCC[C@H](NC(=O)c1ccc(CN2C[C@@H](S(C)(=O)=O)CC2COCc2ccccc2)cc1-c1ccccc1C)C(=O)O. The lowest BCUT2D eigenvalue weighted by atomic mass is 9.93. The van der Waals surface area contributed by atoms with Crippen LogP contribution in [0.5, 0.6) is 0 Å². The first-order valence-corrected chi connectivity index (χ1v) is 17.7. The quantitative estimate of drug-likeness (QED) is 0.263. The van der Waals surface area contributed by atoms with E-state index in [0.717, 1.165) is 22.3 Å². The van der Waals surface area contributed by atoms with Crippen molar-refractivity contribution in [2.24, 2.45) is 0 Å². The molecule has 3 aromatic rings. The van der Waals surface area contributed by atoms with E-state index in [0.29, 0.717) is 56.0 Å². The number of amides is 1. The number of hydrogen-bond donors (Lipinski definition) is 2. The van der Waals surface area contributed by atoms with Crippen LogP contribution >= 0.6 is 11.8 Å². The Hall–Kier alpha value is -3.18. The summed E-state index contributed by atoms with van der Waals surface area (Å²) in [6, 6.07) is 22.1. The molecule has 0 saturated carbocycles. The molecule has 0 spiro atoms. The second-order valence-corrected chi connectivity index (χ2v) is 14.4. The van der Waals surface area contributed by atoms with Gasteiger partial charge in [0.2, 0.25) is 0 Å². The normalized spacial score (nSPS) is 17.9. The molecule has 3 atom stereocenters. The van der Waals surface area contributed by atoms with Crippen LogP contribution in [0, 0.1) is 6.92 Å². The number of nitrogens with one attached hydrogen (secondary N) is 1. The van der Waals surface area contributed by atoms with Gasteiger partial charge in [0.05, 0.1) is 18.5 Å². The number of ether oxygens (including phenoxy) is 1. The molecule has 1 heterocycles. The number of carbonyl (C=O) groups is 2. The molecule has 1 unspecified atom stereocenters. The lowest BCUT2D eigenvalue weighted by molar-refractivity contribution is -0.139. The molecule has 8 nitrogen and oxygen atoms in total. The number of aliphatic carboxylic acids is 1. The molecule has 1 amide bonds. The number of rotatable bonds is 14. The Bertz CT molecular complexity index is 1510. The van der Waals surface area contributed by atoms with Crippen molar-refractivity contribution in [1.29, 1.82) is 0 Å². The Morgan fingerprint density at radius 2 is 1.77 bits per heavy atom. The Morgan fingerprint density at radius 3 is 2.44 bits per heavy atom. The number of carboxylic acid groups (broad SMARTS) is 1. The van der Waals surface area contributed by atoms with Gasteiger partial charge in [0.15, 0.2) is 9.84 Å². The van der Waals surface area contributed by atoms with Crippen LogP contribution in [0.2, 0.25) is 0 Å². The Labute approximate surface area is 258 Å². The number of nitrogens with zero attached hydrogens (tertiary/aromatic N) is 1. The highest BCUT2D eigenvalue weighted by molar-refractivity contribution is 7.98. The Balaban J connectivity index is 1.60. The fraction of sp³-hybridized carbons (Fsp3) is 0.394. The largest absolute Gasteiger partial charge is 0.480 e. The average molecular weight is 625 g/mol. The zero-order valence-electron chi connectivity index (χ0n) is 24.9. The second-order valence-electron chi connectivity index (χ2n) is 11.1. The van der Waals surface area contributed by atoms with Gasteiger partial charge in [-0.05, 0) is 71.7 Å². The summed E-state index contributed by atoms with van der Waals surface area (Å²) in [6.45, 7) is 3.70. The standard InChI is InChI=1S/C33H40N2O6S2/c1-23-9-7-8-12-28(23)30-17-25(13-14-29(30)32(36)34-31(33(37)38)15-16-42-2)19-35-20-27(43(3,39)40)18-26(35)22-41-21-24-10-5-4-6-11-24/h4-14,17,26-27,31H,15-16,18-22H2,1-3H3,(H,34,36)(H,37,38)/t26?,27-,31-/m0/s1. The van der Waals surface area contributed by atoms with E-state index >= 15 is 0 Å². The molecular weight excluding hydrogens is 585 g/mol. The number of aryl methyl sites for hydroxylation is 1. The van der Waals surface area contributed by atoms with Gasteiger partial charge in [-0.25, -0.2) is 13.2 Å². The molecule has 230 valence electrons. The Morgan fingerprint density at radius 1 is 1.05 bits per heavy atom. The van der Waals surface area contributed by atoms with Gasteiger partial charge in [0, 0.05) is 31.0 Å². The van der Waals surface area contributed by atoms with Crippen molar-refractivity contribution in [1.82, 2.24) is 10.2 Å². The third kappa shape index (κ3) is 8.92. The van der Waals surface area contributed by atoms with Crippen LogP contribution < -0.4 is 5.32 Å². The predicted octanol–water partition coefficient (Wildman–Crippen LogP) is 4.80. The second kappa shape index (κ2) is 15.0. The molecule has 1 saturated heterocycles. The molecule has 3 aromatic carbocycles. The molecule has 1 aliphatic heterocycles. The van der Waals surface area contributed by atoms with Gasteiger partial charge in [-0.2, -0.15) is 11.8 Å². The molecule has 0 aromatic heterocycles. The molecule has 0 aliphatic carbocycles. The fourth-order valence-corrected chi connectivity index (χ4v) is 6.96. The number of carboxylic acids is 1. The summed E-state index contributed by atoms with van der Waals surface area (Å²) in [7, 11) is -3.24. The highest BCUT2D eigenvalue weighted by Gasteiger charge is 2.37. The summed E-state index contributed by atoms with van der Waals surface area (Å²) in [5.41, 5.74) is 4.95. The molecule has 2 N–H and O–H groups in total.